The highest BCUT2D eigenvalue weighted by atomic mass is 16.3. The fourth-order valence-electron chi connectivity index (χ4n) is 1.12. The zero-order valence-corrected chi connectivity index (χ0v) is 5.43. The van der Waals surface area contributed by atoms with Gasteiger partial charge in [-0.25, -0.2) is 0 Å². The maximum atomic E-state index is 10.2. The fraction of sp³-hybridized carbons (Fsp3) is 0.667. The third-order valence-electron chi connectivity index (χ3n) is 1.65. The van der Waals surface area contributed by atoms with Crippen molar-refractivity contribution >= 4 is 12.7 Å². The molecule has 4 nitrogen and oxygen atoms in total. The quantitative estimate of drug-likeness (QED) is 0.493. The third-order valence-corrected chi connectivity index (χ3v) is 1.65. The van der Waals surface area contributed by atoms with E-state index in [4.69, 9.17) is 5.11 Å². The van der Waals surface area contributed by atoms with Crippen molar-refractivity contribution < 1.29 is 14.7 Å². The van der Waals surface area contributed by atoms with Crippen molar-refractivity contribution in [3.05, 3.63) is 0 Å². The molecule has 0 aromatic rings. The number of nitrogens with zero attached hydrogens (tertiary/aromatic N) is 1. The molecule has 1 fully saturated rings. The van der Waals surface area contributed by atoms with Crippen LogP contribution >= 0.6 is 0 Å². The first-order chi connectivity index (χ1) is 4.77. The van der Waals surface area contributed by atoms with Crippen molar-refractivity contribution in [1.29, 1.82) is 0 Å². The Bertz CT molecular complexity index is 132. The number of aldehydes is 1. The third kappa shape index (κ3) is 1.16. The number of aliphatic hydroxyl groups excluding tert-OH is 1. The Hall–Kier alpha value is -0.900. The van der Waals surface area contributed by atoms with Crippen LogP contribution in [0.1, 0.15) is 6.42 Å². The Labute approximate surface area is 58.4 Å². The Morgan fingerprint density at radius 2 is 2.20 bits per heavy atom. The Kier molecular flexibility index (Phi) is 2.01. The molecule has 0 saturated carbocycles. The molecule has 10 heavy (non-hydrogen) atoms. The molecule has 1 heterocycles. The van der Waals surface area contributed by atoms with Crippen molar-refractivity contribution in [3.63, 3.8) is 0 Å². The molecule has 56 valence electrons. The topological polar surface area (TPSA) is 57.6 Å². The van der Waals surface area contributed by atoms with E-state index in [2.05, 4.69) is 0 Å². The summed E-state index contributed by atoms with van der Waals surface area (Å²) in [6, 6.07) is -0.410. The molecule has 1 aliphatic rings. The first kappa shape index (κ1) is 7.21. The molecular formula is C6H9NO3. The Morgan fingerprint density at radius 3 is 2.60 bits per heavy atom. The van der Waals surface area contributed by atoms with Crippen LogP contribution in [0.25, 0.3) is 0 Å². The number of aliphatic hydroxyl groups is 1. The van der Waals surface area contributed by atoms with Gasteiger partial charge in [0.15, 0.2) is 0 Å². The molecule has 1 unspecified atom stereocenters. The van der Waals surface area contributed by atoms with Gasteiger partial charge < -0.3 is 14.8 Å². The van der Waals surface area contributed by atoms with Gasteiger partial charge in [0, 0.05) is 13.0 Å². The highest BCUT2D eigenvalue weighted by Gasteiger charge is 2.28. The fourth-order valence-corrected chi connectivity index (χ4v) is 1.12. The number of amides is 1. The minimum Gasteiger partial charge on any atom is -0.391 e. The maximum Gasteiger partial charge on any atom is 0.210 e. The lowest BCUT2D eigenvalue weighted by molar-refractivity contribution is -0.123. The van der Waals surface area contributed by atoms with E-state index in [9.17, 15) is 9.59 Å². The van der Waals surface area contributed by atoms with Crippen LogP contribution in [0.5, 0.6) is 0 Å². The predicted molar refractivity (Wildman–Crippen MR) is 33.2 cm³/mol. The molecule has 2 atom stereocenters. The molecule has 1 saturated heterocycles. The van der Waals surface area contributed by atoms with E-state index in [1.54, 1.807) is 0 Å². The van der Waals surface area contributed by atoms with Gasteiger partial charge in [-0.1, -0.05) is 0 Å². The molecule has 0 aromatic carbocycles. The minimum atomic E-state index is -0.527. The zero-order chi connectivity index (χ0) is 7.56. The van der Waals surface area contributed by atoms with Crippen molar-refractivity contribution in [2.24, 2.45) is 0 Å². The van der Waals surface area contributed by atoms with Crippen molar-refractivity contribution in [1.82, 2.24) is 4.90 Å². The number of carbonyl (C=O) groups excluding carboxylic acids is 2. The average Bonchev–Trinajstić information content (AvgIpc) is 2.30. The van der Waals surface area contributed by atoms with E-state index in [0.29, 0.717) is 19.1 Å². The normalized spacial score (nSPS) is 32.3. The van der Waals surface area contributed by atoms with Crippen LogP contribution in [0.2, 0.25) is 0 Å². The molecule has 0 bridgehead atoms. The largest absolute Gasteiger partial charge is 0.391 e. The molecule has 1 rings (SSSR count). The van der Waals surface area contributed by atoms with Gasteiger partial charge in [-0.05, 0) is 0 Å². The molecule has 4 heteroatoms. The van der Waals surface area contributed by atoms with Gasteiger partial charge >= 0.3 is 0 Å². The summed E-state index contributed by atoms with van der Waals surface area (Å²) in [7, 11) is 0. The Balaban J connectivity index is 2.56. The number of hydrogen-bond acceptors (Lipinski definition) is 3. The molecule has 0 aromatic heterocycles. The van der Waals surface area contributed by atoms with Crippen LogP contribution in [0.3, 0.4) is 0 Å². The monoisotopic (exact) mass is 143 g/mol. The Morgan fingerprint density at radius 1 is 1.50 bits per heavy atom. The lowest BCUT2D eigenvalue weighted by Gasteiger charge is -2.11. The van der Waals surface area contributed by atoms with Crippen LogP contribution in [-0.2, 0) is 9.59 Å². The summed E-state index contributed by atoms with van der Waals surface area (Å²) in [5.74, 6) is 0. The lowest BCUT2D eigenvalue weighted by atomic mass is 10.2. The van der Waals surface area contributed by atoms with Gasteiger partial charge in [0.2, 0.25) is 6.41 Å². The summed E-state index contributed by atoms with van der Waals surface area (Å²) in [6.45, 7) is 0.285. The maximum absolute atomic E-state index is 10.2. The standard InChI is InChI=1S/C6H9NO3/c8-3-5-1-6(10)2-7(5)4-9/h3-6,10H,1-2H2/t5?,6-/m0/s1. The van der Waals surface area contributed by atoms with Gasteiger partial charge in [0.05, 0.1) is 12.1 Å². The summed E-state index contributed by atoms with van der Waals surface area (Å²) in [4.78, 5) is 21.7. The van der Waals surface area contributed by atoms with E-state index in [0.717, 1.165) is 0 Å². The summed E-state index contributed by atoms with van der Waals surface area (Å²) >= 11 is 0. The zero-order valence-electron chi connectivity index (χ0n) is 5.43. The second-order valence-corrected chi connectivity index (χ2v) is 2.40. The number of likely N-dealkylation sites (tertiary alicyclic amines) is 1. The van der Waals surface area contributed by atoms with Gasteiger partial charge in [-0.3, -0.25) is 4.79 Å². The van der Waals surface area contributed by atoms with E-state index < -0.39 is 12.1 Å². The first-order valence-electron chi connectivity index (χ1n) is 3.12. The SMILES string of the molecule is O=CC1C[C@H](O)CN1C=O. The molecular weight excluding hydrogens is 134 g/mol. The summed E-state index contributed by atoms with van der Waals surface area (Å²) in [5, 5.41) is 8.97. The van der Waals surface area contributed by atoms with Crippen LogP contribution in [0.4, 0.5) is 0 Å². The van der Waals surface area contributed by atoms with E-state index in [-0.39, 0.29) is 6.54 Å². The number of hydrogen-bond donors (Lipinski definition) is 1. The molecule has 0 aliphatic carbocycles. The van der Waals surface area contributed by atoms with E-state index >= 15 is 0 Å². The van der Waals surface area contributed by atoms with Crippen LogP contribution in [0, 0.1) is 0 Å². The van der Waals surface area contributed by atoms with Gasteiger partial charge in [0.1, 0.15) is 6.29 Å². The van der Waals surface area contributed by atoms with Crippen LogP contribution in [0.15, 0.2) is 0 Å². The minimum absolute atomic E-state index is 0.285. The van der Waals surface area contributed by atoms with Crippen molar-refractivity contribution in [2.75, 3.05) is 6.54 Å². The van der Waals surface area contributed by atoms with Crippen molar-refractivity contribution in [3.8, 4) is 0 Å². The number of carbonyl (C=O) groups is 2. The average molecular weight is 143 g/mol. The van der Waals surface area contributed by atoms with E-state index in [1.165, 1.54) is 4.90 Å². The summed E-state index contributed by atoms with van der Waals surface area (Å²) in [5.41, 5.74) is 0. The lowest BCUT2D eigenvalue weighted by Crippen LogP contribution is -2.29. The van der Waals surface area contributed by atoms with Gasteiger partial charge in [-0.15, -0.1) is 0 Å². The highest BCUT2D eigenvalue weighted by Crippen LogP contribution is 2.13. The highest BCUT2D eigenvalue weighted by molar-refractivity contribution is 5.64. The number of β-amino-alcohol motifs (C(OH)–C–C–N with tert-alkyl or cyclic N) is 1. The smallest absolute Gasteiger partial charge is 0.210 e. The van der Waals surface area contributed by atoms with Crippen LogP contribution < -0.4 is 0 Å². The van der Waals surface area contributed by atoms with Crippen LogP contribution in [-0.4, -0.2) is 41.4 Å². The second kappa shape index (κ2) is 2.79. The molecule has 0 radical (unpaired) electrons. The second-order valence-electron chi connectivity index (χ2n) is 2.40. The molecule has 1 aliphatic heterocycles. The molecule has 0 spiro atoms. The van der Waals surface area contributed by atoms with E-state index in [1.807, 2.05) is 0 Å². The first-order valence-corrected chi connectivity index (χ1v) is 3.12. The number of rotatable bonds is 2. The van der Waals surface area contributed by atoms with Gasteiger partial charge in [-0.2, -0.15) is 0 Å². The summed E-state index contributed by atoms with van der Waals surface area (Å²) in [6.07, 6.45) is 1.13. The predicted octanol–water partition coefficient (Wildman–Crippen LogP) is -1.22. The van der Waals surface area contributed by atoms with Crippen molar-refractivity contribution in [2.45, 2.75) is 18.6 Å². The molecule has 1 amide bonds. The molecule has 1 N–H and O–H groups in total. The summed E-state index contributed by atoms with van der Waals surface area (Å²) < 4.78 is 0. The van der Waals surface area contributed by atoms with Gasteiger partial charge in [0.25, 0.3) is 0 Å².